The highest BCUT2D eigenvalue weighted by Gasteiger charge is 2.30. The number of fused-ring (bicyclic) bond motifs is 1. The highest BCUT2D eigenvalue weighted by atomic mass is 19.4. The minimum Gasteiger partial charge on any atom is -0.354 e. The maximum Gasteiger partial charge on any atom is 0.416 e. The molecule has 4 rings (SSSR count). The highest BCUT2D eigenvalue weighted by Crippen LogP contribution is 2.31. The number of aryl methyl sites for hydroxylation is 2. The first-order chi connectivity index (χ1) is 17.2. The van der Waals surface area contributed by atoms with Crippen LogP contribution in [0.2, 0.25) is 0 Å². The van der Waals surface area contributed by atoms with Crippen LogP contribution in [0.25, 0.3) is 11.0 Å². The maximum absolute atomic E-state index is 13.0. The number of rotatable bonds is 8. The minimum absolute atomic E-state index is 0.0938. The fourth-order valence-electron chi connectivity index (χ4n) is 3.52. The predicted octanol–water partition coefficient (Wildman–Crippen LogP) is 4.45. The maximum atomic E-state index is 13.0. The molecule has 9 nitrogen and oxygen atoms in total. The van der Waals surface area contributed by atoms with E-state index in [1.165, 1.54) is 12.1 Å². The molecular weight excluding hydrogens is 473 g/mol. The summed E-state index contributed by atoms with van der Waals surface area (Å²) in [6.07, 6.45) is -2.08. The molecular formula is C24H25F3N8O. The van der Waals surface area contributed by atoms with Gasteiger partial charge in [-0.25, -0.2) is 9.67 Å². The summed E-state index contributed by atoms with van der Waals surface area (Å²) in [5.41, 5.74) is 7.09. The zero-order chi connectivity index (χ0) is 25.9. The van der Waals surface area contributed by atoms with E-state index in [0.717, 1.165) is 24.1 Å². The van der Waals surface area contributed by atoms with Crippen LogP contribution in [-0.2, 0) is 13.2 Å². The number of amides is 1. The van der Waals surface area contributed by atoms with E-state index in [9.17, 15) is 18.0 Å². The first-order valence-corrected chi connectivity index (χ1v) is 11.2. The zero-order valence-electron chi connectivity index (χ0n) is 19.6. The smallest absolute Gasteiger partial charge is 0.354 e. The second-order valence-electron chi connectivity index (χ2n) is 8.16. The number of alkyl halides is 3. The van der Waals surface area contributed by atoms with Gasteiger partial charge in [0.2, 0.25) is 5.95 Å². The van der Waals surface area contributed by atoms with Gasteiger partial charge in [-0.1, -0.05) is 12.1 Å². The number of hydrogen-bond donors (Lipinski definition) is 4. The Morgan fingerprint density at radius 3 is 2.72 bits per heavy atom. The molecule has 0 bridgehead atoms. The summed E-state index contributed by atoms with van der Waals surface area (Å²) in [5, 5.41) is 14.2. The van der Waals surface area contributed by atoms with E-state index < -0.39 is 17.6 Å². The lowest BCUT2D eigenvalue weighted by Gasteiger charge is -2.12. The molecule has 0 radical (unpaired) electrons. The quantitative estimate of drug-likeness (QED) is 0.265. The van der Waals surface area contributed by atoms with E-state index in [1.54, 1.807) is 36.1 Å². The van der Waals surface area contributed by atoms with Crippen LogP contribution in [-0.4, -0.2) is 38.7 Å². The highest BCUT2D eigenvalue weighted by molar-refractivity contribution is 6.04. The summed E-state index contributed by atoms with van der Waals surface area (Å²) in [7, 11) is 1.77. The summed E-state index contributed by atoms with van der Waals surface area (Å²) in [6.45, 7) is 3.10. The molecule has 2 aromatic heterocycles. The molecule has 188 valence electrons. The lowest BCUT2D eigenvalue weighted by Crippen LogP contribution is -2.14. The van der Waals surface area contributed by atoms with Crippen LogP contribution < -0.4 is 21.7 Å². The third kappa shape index (κ3) is 5.54. The Hall–Kier alpha value is -4.19. The summed E-state index contributed by atoms with van der Waals surface area (Å²) in [6, 6.07) is 9.41. The van der Waals surface area contributed by atoms with Gasteiger partial charge in [-0.2, -0.15) is 23.3 Å². The van der Waals surface area contributed by atoms with Crippen LogP contribution in [0.15, 0.2) is 48.7 Å². The molecule has 12 heteroatoms. The van der Waals surface area contributed by atoms with Crippen molar-refractivity contribution < 1.29 is 18.0 Å². The van der Waals surface area contributed by atoms with E-state index in [-0.39, 0.29) is 5.56 Å². The number of anilines is 4. The molecule has 1 amide bonds. The van der Waals surface area contributed by atoms with Gasteiger partial charge in [-0.15, -0.1) is 0 Å². The van der Waals surface area contributed by atoms with Gasteiger partial charge in [0.15, 0.2) is 11.5 Å². The fourth-order valence-corrected chi connectivity index (χ4v) is 3.52. The Morgan fingerprint density at radius 2 is 1.97 bits per heavy atom. The van der Waals surface area contributed by atoms with Crippen LogP contribution >= 0.6 is 0 Å². The largest absolute Gasteiger partial charge is 0.416 e. The van der Waals surface area contributed by atoms with Gasteiger partial charge < -0.3 is 21.7 Å². The molecule has 0 unspecified atom stereocenters. The van der Waals surface area contributed by atoms with Crippen molar-refractivity contribution in [3.8, 4) is 0 Å². The van der Waals surface area contributed by atoms with Gasteiger partial charge in [-0.3, -0.25) is 4.79 Å². The summed E-state index contributed by atoms with van der Waals surface area (Å²) in [4.78, 5) is 21.5. The monoisotopic (exact) mass is 498 g/mol. The van der Waals surface area contributed by atoms with Gasteiger partial charge in [0.1, 0.15) is 0 Å². The Balaban J connectivity index is 1.54. The molecule has 0 aliphatic heterocycles. The Bertz CT molecular complexity index is 1400. The van der Waals surface area contributed by atoms with Crippen LogP contribution in [0, 0.1) is 6.92 Å². The molecule has 0 saturated heterocycles. The van der Waals surface area contributed by atoms with Crippen LogP contribution in [0.1, 0.15) is 27.9 Å². The molecule has 0 atom stereocenters. The average Bonchev–Trinajstić information content (AvgIpc) is 3.15. The van der Waals surface area contributed by atoms with Crippen molar-refractivity contribution in [2.75, 3.05) is 29.0 Å². The normalized spacial score (nSPS) is 11.5. The van der Waals surface area contributed by atoms with Crippen molar-refractivity contribution >= 4 is 40.1 Å². The van der Waals surface area contributed by atoms with Crippen molar-refractivity contribution in [2.24, 2.45) is 12.8 Å². The summed E-state index contributed by atoms with van der Waals surface area (Å²) in [5.74, 6) is 0.341. The second-order valence-corrected chi connectivity index (χ2v) is 8.16. The first kappa shape index (κ1) is 24.9. The third-order valence-corrected chi connectivity index (χ3v) is 5.44. The topological polar surface area (TPSA) is 123 Å². The number of aromatic nitrogens is 4. The first-order valence-electron chi connectivity index (χ1n) is 11.2. The summed E-state index contributed by atoms with van der Waals surface area (Å²) >= 11 is 0. The fraction of sp³-hybridized carbons (Fsp3) is 0.250. The molecule has 2 aromatic carbocycles. The molecule has 0 aliphatic rings. The van der Waals surface area contributed by atoms with E-state index in [2.05, 4.69) is 31.0 Å². The van der Waals surface area contributed by atoms with E-state index >= 15 is 0 Å². The van der Waals surface area contributed by atoms with Crippen LogP contribution in [0.3, 0.4) is 0 Å². The second kappa shape index (κ2) is 10.2. The Kier molecular flexibility index (Phi) is 7.06. The van der Waals surface area contributed by atoms with Gasteiger partial charge in [0, 0.05) is 36.7 Å². The third-order valence-electron chi connectivity index (χ3n) is 5.44. The van der Waals surface area contributed by atoms with Gasteiger partial charge in [0.05, 0.1) is 10.9 Å². The van der Waals surface area contributed by atoms with Gasteiger partial charge in [-0.05, 0) is 55.8 Å². The number of nitrogens with two attached hydrogens (primary N) is 1. The molecule has 0 saturated carbocycles. The number of halogens is 3. The van der Waals surface area contributed by atoms with E-state index in [0.29, 0.717) is 47.3 Å². The number of nitrogens with zero attached hydrogens (tertiary/aromatic N) is 4. The number of benzene rings is 2. The molecule has 2 heterocycles. The zero-order valence-corrected chi connectivity index (χ0v) is 19.6. The summed E-state index contributed by atoms with van der Waals surface area (Å²) < 4.78 is 40.6. The lowest BCUT2D eigenvalue weighted by molar-refractivity contribution is -0.137. The van der Waals surface area contributed by atoms with Crippen LogP contribution in [0.4, 0.5) is 36.3 Å². The van der Waals surface area contributed by atoms with Gasteiger partial charge >= 0.3 is 6.18 Å². The number of nitrogens with one attached hydrogen (secondary N) is 3. The lowest BCUT2D eigenvalue weighted by atomic mass is 10.1. The molecule has 0 fully saturated rings. The molecule has 4 aromatic rings. The van der Waals surface area contributed by atoms with Crippen LogP contribution in [0.5, 0.6) is 0 Å². The molecule has 5 N–H and O–H groups in total. The van der Waals surface area contributed by atoms with Crippen molar-refractivity contribution in [3.63, 3.8) is 0 Å². The van der Waals surface area contributed by atoms with Crippen molar-refractivity contribution in [1.29, 1.82) is 0 Å². The van der Waals surface area contributed by atoms with E-state index in [4.69, 9.17) is 5.73 Å². The minimum atomic E-state index is -4.53. The standard InChI is InChI=1S/C24H25F3N8O/c1-14-7-8-17(31-22(36)15-5-3-6-16(11-15)24(25,26)27)12-19(14)32-20-18-13-30-23(29-10-4-9-28)33-21(18)35(2)34-20/h3,5-8,11-13H,4,9-10,28H2,1-2H3,(H,31,36)(H,32,34)(H,29,30,33). The Morgan fingerprint density at radius 1 is 1.17 bits per heavy atom. The predicted molar refractivity (Wildman–Crippen MR) is 132 cm³/mol. The SMILES string of the molecule is Cc1ccc(NC(=O)c2cccc(C(F)(F)F)c2)cc1Nc1nn(C)c2nc(NCCCN)ncc12. The van der Waals surface area contributed by atoms with Crippen molar-refractivity contribution in [1.82, 2.24) is 19.7 Å². The number of carbonyl (C=O) groups excluding carboxylic acids is 1. The van der Waals surface area contributed by atoms with E-state index in [1.807, 2.05) is 6.92 Å². The number of hydrogen-bond acceptors (Lipinski definition) is 7. The molecule has 36 heavy (non-hydrogen) atoms. The number of carbonyl (C=O) groups is 1. The van der Waals surface area contributed by atoms with Crippen molar-refractivity contribution in [2.45, 2.75) is 19.5 Å². The molecule has 0 spiro atoms. The Labute approximate surface area is 204 Å². The average molecular weight is 499 g/mol. The van der Waals surface area contributed by atoms with Crippen molar-refractivity contribution in [3.05, 3.63) is 65.4 Å². The van der Waals surface area contributed by atoms with Gasteiger partial charge in [0.25, 0.3) is 5.91 Å². The molecule has 0 aliphatic carbocycles.